The molecule has 1 aromatic carbocycles. The number of anilines is 1. The molecule has 4 heteroatoms. The summed E-state index contributed by atoms with van der Waals surface area (Å²) in [6, 6.07) is 5.27. The Morgan fingerprint density at radius 3 is 2.70 bits per heavy atom. The average molecular weight is 282 g/mol. The number of benzene rings is 1. The number of nitrogens with zero attached hydrogens (tertiary/aromatic N) is 1. The lowest BCUT2D eigenvalue weighted by Crippen LogP contribution is -2.33. The first-order chi connectivity index (χ1) is 9.60. The fourth-order valence-corrected chi connectivity index (χ4v) is 2.27. The number of aliphatic hydroxyl groups excluding tert-OH is 1. The van der Waals surface area contributed by atoms with Crippen molar-refractivity contribution in [2.24, 2.45) is 0 Å². The van der Waals surface area contributed by atoms with E-state index in [-0.39, 0.29) is 12.4 Å². The first-order valence-corrected chi connectivity index (χ1v) is 7.46. The highest BCUT2D eigenvalue weighted by molar-refractivity contribution is 5.54. The van der Waals surface area contributed by atoms with Crippen molar-refractivity contribution in [2.75, 3.05) is 24.6 Å². The molecule has 0 unspecified atom stereocenters. The largest absolute Gasteiger partial charge is 0.396 e. The molecule has 0 saturated carbocycles. The van der Waals surface area contributed by atoms with Crippen LogP contribution < -0.4 is 10.2 Å². The van der Waals surface area contributed by atoms with Gasteiger partial charge in [0, 0.05) is 31.4 Å². The van der Waals surface area contributed by atoms with Gasteiger partial charge in [0.2, 0.25) is 0 Å². The molecule has 20 heavy (non-hydrogen) atoms. The molecule has 0 fully saturated rings. The van der Waals surface area contributed by atoms with Crippen LogP contribution >= 0.6 is 0 Å². The standard InChI is InChI=1S/C16H27FN2O/c1-4-8-18-12-14-11-15(17)6-7-16(14)19(13(2)3)9-5-10-20/h6-7,11,13,18,20H,4-5,8-10,12H2,1-3H3. The van der Waals surface area contributed by atoms with Crippen molar-refractivity contribution >= 4 is 5.69 Å². The predicted octanol–water partition coefficient (Wildman–Crippen LogP) is 2.92. The average Bonchev–Trinajstić information content (AvgIpc) is 2.41. The van der Waals surface area contributed by atoms with E-state index >= 15 is 0 Å². The normalized spacial score (nSPS) is 11.1. The summed E-state index contributed by atoms with van der Waals surface area (Å²) >= 11 is 0. The molecule has 0 atom stereocenters. The summed E-state index contributed by atoms with van der Waals surface area (Å²) < 4.78 is 13.5. The van der Waals surface area contributed by atoms with E-state index in [2.05, 4.69) is 31.0 Å². The summed E-state index contributed by atoms with van der Waals surface area (Å²) in [5.74, 6) is -0.201. The van der Waals surface area contributed by atoms with Crippen molar-refractivity contribution in [3.05, 3.63) is 29.6 Å². The predicted molar refractivity (Wildman–Crippen MR) is 82.6 cm³/mol. The maximum Gasteiger partial charge on any atom is 0.123 e. The summed E-state index contributed by atoms with van der Waals surface area (Å²) in [5, 5.41) is 12.4. The fourth-order valence-electron chi connectivity index (χ4n) is 2.27. The van der Waals surface area contributed by atoms with Gasteiger partial charge >= 0.3 is 0 Å². The van der Waals surface area contributed by atoms with Crippen LogP contribution in [0.5, 0.6) is 0 Å². The van der Waals surface area contributed by atoms with Gasteiger partial charge in [-0.15, -0.1) is 0 Å². The number of rotatable bonds is 9. The van der Waals surface area contributed by atoms with Gasteiger partial charge < -0.3 is 15.3 Å². The smallest absolute Gasteiger partial charge is 0.123 e. The third-order valence-corrected chi connectivity index (χ3v) is 3.27. The first kappa shape index (κ1) is 16.9. The molecule has 0 aliphatic carbocycles. The zero-order valence-electron chi connectivity index (χ0n) is 12.8. The number of hydrogen-bond donors (Lipinski definition) is 2. The Balaban J connectivity index is 2.93. The minimum atomic E-state index is -0.201. The molecule has 0 heterocycles. The molecule has 0 radical (unpaired) electrons. The van der Waals surface area contributed by atoms with Gasteiger partial charge in [0.25, 0.3) is 0 Å². The second-order valence-electron chi connectivity index (χ2n) is 5.31. The van der Waals surface area contributed by atoms with Crippen molar-refractivity contribution < 1.29 is 9.50 Å². The molecule has 3 nitrogen and oxygen atoms in total. The van der Waals surface area contributed by atoms with Crippen molar-refractivity contribution in [1.29, 1.82) is 0 Å². The van der Waals surface area contributed by atoms with Gasteiger partial charge in [-0.2, -0.15) is 0 Å². The summed E-state index contributed by atoms with van der Waals surface area (Å²) in [7, 11) is 0. The number of nitrogens with one attached hydrogen (secondary N) is 1. The van der Waals surface area contributed by atoms with E-state index in [4.69, 9.17) is 5.11 Å². The van der Waals surface area contributed by atoms with Crippen molar-refractivity contribution in [2.45, 2.75) is 46.2 Å². The van der Waals surface area contributed by atoms with Crippen LogP contribution in [0.3, 0.4) is 0 Å². The molecule has 0 spiro atoms. The molecule has 1 rings (SSSR count). The zero-order valence-corrected chi connectivity index (χ0v) is 12.8. The van der Waals surface area contributed by atoms with Crippen LogP contribution in [0.4, 0.5) is 10.1 Å². The molecular weight excluding hydrogens is 255 g/mol. The van der Waals surface area contributed by atoms with Crippen LogP contribution in [-0.2, 0) is 6.54 Å². The second-order valence-corrected chi connectivity index (χ2v) is 5.31. The maximum atomic E-state index is 13.5. The summed E-state index contributed by atoms with van der Waals surface area (Å²) in [5.41, 5.74) is 2.03. The van der Waals surface area contributed by atoms with Gasteiger partial charge in [0.1, 0.15) is 5.82 Å². The van der Waals surface area contributed by atoms with E-state index in [0.717, 1.165) is 37.2 Å². The van der Waals surface area contributed by atoms with Crippen molar-refractivity contribution in [1.82, 2.24) is 5.32 Å². The molecule has 1 aromatic rings. The Bertz CT molecular complexity index is 396. The van der Waals surface area contributed by atoms with Gasteiger partial charge in [-0.1, -0.05) is 6.92 Å². The molecular formula is C16H27FN2O. The van der Waals surface area contributed by atoms with Gasteiger partial charge in [-0.25, -0.2) is 4.39 Å². The maximum absolute atomic E-state index is 13.5. The van der Waals surface area contributed by atoms with Crippen LogP contribution in [0.1, 0.15) is 39.2 Å². The topological polar surface area (TPSA) is 35.5 Å². The van der Waals surface area contributed by atoms with E-state index in [0.29, 0.717) is 12.6 Å². The monoisotopic (exact) mass is 282 g/mol. The highest BCUT2D eigenvalue weighted by Gasteiger charge is 2.14. The van der Waals surface area contributed by atoms with Gasteiger partial charge in [-0.05, 0) is 57.0 Å². The van der Waals surface area contributed by atoms with Crippen molar-refractivity contribution in [3.63, 3.8) is 0 Å². The minimum Gasteiger partial charge on any atom is -0.396 e. The molecule has 0 amide bonds. The Kier molecular flexibility index (Phi) is 7.55. The van der Waals surface area contributed by atoms with E-state index in [1.807, 2.05) is 6.07 Å². The Hall–Kier alpha value is -1.13. The Morgan fingerprint density at radius 2 is 2.10 bits per heavy atom. The summed E-state index contributed by atoms with van der Waals surface area (Å²) in [6.45, 7) is 8.89. The van der Waals surface area contributed by atoms with Gasteiger partial charge in [0.15, 0.2) is 0 Å². The van der Waals surface area contributed by atoms with Gasteiger partial charge in [-0.3, -0.25) is 0 Å². The van der Waals surface area contributed by atoms with Gasteiger partial charge in [0.05, 0.1) is 0 Å². The molecule has 0 aromatic heterocycles. The van der Waals surface area contributed by atoms with Crippen LogP contribution in [0, 0.1) is 5.82 Å². The highest BCUT2D eigenvalue weighted by atomic mass is 19.1. The zero-order chi connectivity index (χ0) is 15.0. The SMILES string of the molecule is CCCNCc1cc(F)ccc1N(CCCO)C(C)C. The lowest BCUT2D eigenvalue weighted by molar-refractivity contribution is 0.288. The van der Waals surface area contributed by atoms with Crippen LogP contribution in [0.25, 0.3) is 0 Å². The highest BCUT2D eigenvalue weighted by Crippen LogP contribution is 2.24. The van der Waals surface area contributed by atoms with Crippen LogP contribution in [0.2, 0.25) is 0 Å². The molecule has 0 aliphatic rings. The van der Waals surface area contributed by atoms with E-state index in [1.54, 1.807) is 6.07 Å². The molecule has 114 valence electrons. The number of hydrogen-bond acceptors (Lipinski definition) is 3. The Morgan fingerprint density at radius 1 is 1.35 bits per heavy atom. The molecule has 0 bridgehead atoms. The Labute approximate surface area is 121 Å². The van der Waals surface area contributed by atoms with Crippen LogP contribution in [0.15, 0.2) is 18.2 Å². The molecule has 2 N–H and O–H groups in total. The lowest BCUT2D eigenvalue weighted by Gasteiger charge is -2.31. The van der Waals surface area contributed by atoms with E-state index < -0.39 is 0 Å². The number of aliphatic hydroxyl groups is 1. The quantitative estimate of drug-likeness (QED) is 0.684. The minimum absolute atomic E-state index is 0.174. The fraction of sp³-hybridized carbons (Fsp3) is 0.625. The van der Waals surface area contributed by atoms with Crippen molar-refractivity contribution in [3.8, 4) is 0 Å². The van der Waals surface area contributed by atoms with E-state index in [9.17, 15) is 4.39 Å². The number of halogens is 1. The summed E-state index contributed by atoms with van der Waals surface area (Å²) in [4.78, 5) is 2.22. The molecule has 0 saturated heterocycles. The lowest BCUT2D eigenvalue weighted by atomic mass is 10.1. The van der Waals surface area contributed by atoms with Crippen LogP contribution in [-0.4, -0.2) is 30.8 Å². The second kappa shape index (κ2) is 8.93. The van der Waals surface area contributed by atoms with E-state index in [1.165, 1.54) is 6.07 Å². The third-order valence-electron chi connectivity index (χ3n) is 3.27. The summed E-state index contributed by atoms with van der Waals surface area (Å²) in [6.07, 6.45) is 1.78. The first-order valence-electron chi connectivity index (χ1n) is 7.46. The molecule has 0 aliphatic heterocycles. The third kappa shape index (κ3) is 5.10.